The maximum absolute atomic E-state index is 14.1. The van der Waals surface area contributed by atoms with E-state index in [9.17, 15) is 8.60 Å². The Balaban J connectivity index is 0.000000313. The van der Waals surface area contributed by atoms with Crippen LogP contribution in [-0.4, -0.2) is 29.3 Å². The van der Waals surface area contributed by atoms with Crippen LogP contribution < -0.4 is 15.4 Å². The van der Waals surface area contributed by atoms with Crippen LogP contribution in [-0.2, 0) is 11.0 Å². The fourth-order valence-electron chi connectivity index (χ4n) is 2.17. The third-order valence-corrected chi connectivity index (χ3v) is 5.96. The van der Waals surface area contributed by atoms with Crippen molar-refractivity contribution in [1.82, 2.24) is 10.3 Å². The van der Waals surface area contributed by atoms with E-state index in [0.29, 0.717) is 22.4 Å². The minimum atomic E-state index is -1.75. The number of aromatic nitrogens is 1. The summed E-state index contributed by atoms with van der Waals surface area (Å²) in [5.74, 6) is -0.589. The molecule has 5 nitrogen and oxygen atoms in total. The van der Waals surface area contributed by atoms with Crippen molar-refractivity contribution in [3.05, 3.63) is 69.9 Å². The van der Waals surface area contributed by atoms with E-state index in [0.717, 1.165) is 6.54 Å². The zero-order chi connectivity index (χ0) is 21.2. The van der Waals surface area contributed by atoms with Gasteiger partial charge in [0, 0.05) is 24.7 Å². The van der Waals surface area contributed by atoms with Crippen molar-refractivity contribution in [2.24, 2.45) is 0 Å². The second kappa shape index (κ2) is 11.9. The van der Waals surface area contributed by atoms with Crippen LogP contribution in [0.5, 0.6) is 0 Å². The van der Waals surface area contributed by atoms with E-state index in [4.69, 9.17) is 11.6 Å². The average Bonchev–Trinajstić information content (AvgIpc) is 3.20. The quantitative estimate of drug-likeness (QED) is 0.439. The van der Waals surface area contributed by atoms with Gasteiger partial charge in [0.15, 0.2) is 16.1 Å². The Morgan fingerprint density at radius 1 is 1.14 bits per heavy atom. The van der Waals surface area contributed by atoms with Gasteiger partial charge in [0.1, 0.15) is 5.82 Å². The number of hydrogen-bond donors (Lipinski definition) is 3. The summed E-state index contributed by atoms with van der Waals surface area (Å²) in [6.07, 6.45) is 1.57. The first-order chi connectivity index (χ1) is 13.9. The Morgan fingerprint density at radius 2 is 1.79 bits per heavy atom. The topological polar surface area (TPSA) is 66.0 Å². The molecule has 3 aromatic rings. The zero-order valence-electron chi connectivity index (χ0n) is 16.5. The molecule has 2 aromatic carbocycles. The molecule has 0 bridgehead atoms. The van der Waals surface area contributed by atoms with Gasteiger partial charge in [0.2, 0.25) is 0 Å². The van der Waals surface area contributed by atoms with Gasteiger partial charge in [0.25, 0.3) is 0 Å². The maximum Gasteiger partial charge on any atom is 0.194 e. The summed E-state index contributed by atoms with van der Waals surface area (Å²) < 4.78 is 28.8. The number of nitrogens with one attached hydrogen (secondary N) is 3. The molecule has 1 atom stereocenters. The molecule has 0 spiro atoms. The lowest BCUT2D eigenvalue weighted by atomic mass is 10.2. The number of anilines is 2. The van der Waals surface area contributed by atoms with Crippen molar-refractivity contribution in [1.29, 1.82) is 0 Å². The van der Waals surface area contributed by atoms with Crippen molar-refractivity contribution < 1.29 is 8.60 Å². The van der Waals surface area contributed by atoms with E-state index in [1.807, 2.05) is 7.05 Å². The Morgan fingerprint density at radius 3 is 2.34 bits per heavy atom. The van der Waals surface area contributed by atoms with E-state index in [1.54, 1.807) is 11.6 Å². The van der Waals surface area contributed by atoms with E-state index in [1.165, 1.54) is 34.6 Å². The van der Waals surface area contributed by atoms with Crippen molar-refractivity contribution in [2.75, 3.05) is 30.2 Å². The highest BCUT2D eigenvalue weighted by molar-refractivity contribution is 7.86. The van der Waals surface area contributed by atoms with Crippen LogP contribution in [0.1, 0.15) is 11.1 Å². The summed E-state index contributed by atoms with van der Waals surface area (Å²) in [7, 11) is 0.0680. The minimum Gasteiger partial charge on any atom is -0.382 e. The molecule has 0 saturated heterocycles. The lowest BCUT2D eigenvalue weighted by Crippen LogP contribution is -2.18. The molecule has 0 aliphatic carbocycles. The molecule has 156 valence electrons. The lowest BCUT2D eigenvalue weighted by Gasteiger charge is -2.11. The first kappa shape index (κ1) is 23.3. The molecule has 0 aliphatic rings. The van der Waals surface area contributed by atoms with Gasteiger partial charge < -0.3 is 10.6 Å². The number of hydrogen-bond acceptors (Lipinski definition) is 5. The molecule has 9 heteroatoms. The number of nitrogens with zero attached hydrogens (tertiary/aromatic N) is 1. The molecule has 0 radical (unpaired) electrons. The summed E-state index contributed by atoms with van der Waals surface area (Å²) in [5.41, 5.74) is 3.13. The fraction of sp³-hybridized carbons (Fsp3) is 0.250. The standard InChI is InChI=1S/C12H14ClFN4OS2.C8H10/c1-15-2-3-16-10-7-9(14)11(6-8(10)13)21(19)18-12-17-4-5-20-12;1-7-3-5-8(2)6-4-7/h4-7,15-16H,2-3H2,1H3,(H,17,18);3-6H,1-2H3. The SMILES string of the molecule is CNCCNc1cc(F)c(S(=O)Nc2nccs2)cc1Cl.Cc1ccc(C)cc1. The van der Waals surface area contributed by atoms with Gasteiger partial charge in [-0.25, -0.2) is 13.6 Å². The first-order valence-electron chi connectivity index (χ1n) is 8.89. The molecule has 0 amide bonds. The fourth-order valence-corrected chi connectivity index (χ4v) is 4.04. The molecule has 0 saturated carbocycles. The second-order valence-corrected chi connectivity index (χ2v) is 8.64. The minimum absolute atomic E-state index is 0.00522. The number of benzene rings is 2. The number of thiazole rings is 1. The highest BCUT2D eigenvalue weighted by Crippen LogP contribution is 2.28. The monoisotopic (exact) mass is 454 g/mol. The average molecular weight is 455 g/mol. The van der Waals surface area contributed by atoms with Gasteiger partial charge >= 0.3 is 0 Å². The molecule has 1 aromatic heterocycles. The molecule has 29 heavy (non-hydrogen) atoms. The summed E-state index contributed by atoms with van der Waals surface area (Å²) in [6.45, 7) is 5.52. The van der Waals surface area contributed by atoms with Gasteiger partial charge in [-0.15, -0.1) is 11.3 Å². The van der Waals surface area contributed by atoms with E-state index in [-0.39, 0.29) is 4.90 Å². The van der Waals surface area contributed by atoms with Gasteiger partial charge in [-0.3, -0.25) is 4.72 Å². The Hall–Kier alpha value is -2.00. The summed E-state index contributed by atoms with van der Waals surface area (Å²) in [4.78, 5) is 3.94. The molecule has 0 fully saturated rings. The van der Waals surface area contributed by atoms with Gasteiger partial charge in [-0.1, -0.05) is 47.0 Å². The van der Waals surface area contributed by atoms with Crippen molar-refractivity contribution in [3.8, 4) is 0 Å². The third kappa shape index (κ3) is 7.74. The molecular formula is C20H24ClFN4OS2. The van der Waals surface area contributed by atoms with Gasteiger partial charge in [-0.2, -0.15) is 0 Å². The van der Waals surface area contributed by atoms with E-state index < -0.39 is 16.8 Å². The molecule has 0 aliphatic heterocycles. The highest BCUT2D eigenvalue weighted by atomic mass is 35.5. The predicted octanol–water partition coefficient (Wildman–Crippen LogP) is 5.01. The maximum atomic E-state index is 14.1. The molecule has 3 rings (SSSR count). The van der Waals surface area contributed by atoms with Crippen LogP contribution in [0.3, 0.4) is 0 Å². The normalized spacial score (nSPS) is 11.3. The lowest BCUT2D eigenvalue weighted by molar-refractivity contribution is 0.596. The summed E-state index contributed by atoms with van der Waals surface area (Å²) in [6, 6.07) is 11.1. The van der Waals surface area contributed by atoms with Crippen LogP contribution in [0.2, 0.25) is 5.02 Å². The largest absolute Gasteiger partial charge is 0.382 e. The van der Waals surface area contributed by atoms with Crippen LogP contribution in [0, 0.1) is 19.7 Å². The Kier molecular flexibility index (Phi) is 9.53. The highest BCUT2D eigenvalue weighted by Gasteiger charge is 2.15. The number of rotatable bonds is 7. The van der Waals surface area contributed by atoms with Crippen LogP contribution in [0.25, 0.3) is 0 Å². The number of likely N-dealkylation sites (N-methyl/N-ethyl adjacent to an activating group) is 1. The first-order valence-corrected chi connectivity index (χ1v) is 11.3. The predicted molar refractivity (Wildman–Crippen MR) is 122 cm³/mol. The smallest absolute Gasteiger partial charge is 0.194 e. The van der Waals surface area contributed by atoms with E-state index in [2.05, 4.69) is 58.5 Å². The van der Waals surface area contributed by atoms with Crippen molar-refractivity contribution in [3.63, 3.8) is 0 Å². The summed E-state index contributed by atoms with van der Waals surface area (Å²) >= 11 is 7.36. The van der Waals surface area contributed by atoms with Crippen molar-refractivity contribution >= 4 is 44.7 Å². The molecule has 1 unspecified atom stereocenters. The van der Waals surface area contributed by atoms with Gasteiger partial charge in [-0.05, 0) is 33.0 Å². The van der Waals surface area contributed by atoms with Crippen molar-refractivity contribution in [2.45, 2.75) is 18.7 Å². The Labute approximate surface area is 182 Å². The number of aryl methyl sites for hydroxylation is 2. The van der Waals surface area contributed by atoms with Gasteiger partial charge in [0.05, 0.1) is 15.6 Å². The molecule has 1 heterocycles. The van der Waals surface area contributed by atoms with E-state index >= 15 is 0 Å². The number of halogens is 2. The third-order valence-electron chi connectivity index (χ3n) is 3.74. The second-order valence-electron chi connectivity index (χ2n) is 6.16. The van der Waals surface area contributed by atoms with Crippen LogP contribution in [0.4, 0.5) is 15.2 Å². The Bertz CT molecular complexity index is 900. The van der Waals surface area contributed by atoms with Crippen LogP contribution >= 0.6 is 22.9 Å². The zero-order valence-corrected chi connectivity index (χ0v) is 18.8. The molecule has 3 N–H and O–H groups in total. The van der Waals surface area contributed by atoms with Crippen LogP contribution in [0.15, 0.2) is 52.9 Å². The summed E-state index contributed by atoms with van der Waals surface area (Å²) in [5, 5.41) is 8.47. The molecular weight excluding hydrogens is 431 g/mol.